The number of hydrogen-bond donors (Lipinski definition) is 0. The van der Waals surface area contributed by atoms with Crippen LogP contribution in [0.3, 0.4) is 0 Å². The van der Waals surface area contributed by atoms with Gasteiger partial charge in [-0.05, 0) is 0 Å². The van der Waals surface area contributed by atoms with Crippen LogP contribution >= 0.6 is 0 Å². The van der Waals surface area contributed by atoms with E-state index in [1.54, 1.807) is 0 Å². The first-order valence-corrected chi connectivity index (χ1v) is 3.32. The zero-order chi connectivity index (χ0) is 11.6. The van der Waals surface area contributed by atoms with Crippen molar-refractivity contribution in [3.8, 4) is 0 Å². The zero-order valence-corrected chi connectivity index (χ0v) is 6.55. The lowest BCUT2D eigenvalue weighted by Crippen LogP contribution is -2.53. The van der Waals surface area contributed by atoms with Crippen LogP contribution in [0.5, 0.6) is 0 Å². The minimum Gasteiger partial charge on any atom is -0.303 e. The third kappa shape index (κ3) is 2.36. The molecule has 0 aromatic rings. The summed E-state index contributed by atoms with van der Waals surface area (Å²) < 4.78 is 82.9. The highest BCUT2D eigenvalue weighted by Crippen LogP contribution is 2.48. The minimum atomic E-state index is -6.06. The number of rotatable bonds is 3. The van der Waals surface area contributed by atoms with Crippen molar-refractivity contribution in [3.05, 3.63) is 0 Å². The van der Waals surface area contributed by atoms with Gasteiger partial charge in [0.2, 0.25) is 0 Å². The van der Waals surface area contributed by atoms with Crippen molar-refractivity contribution in [1.29, 1.82) is 0 Å². The maximum Gasteiger partial charge on any atom is 0.431 e. The molecule has 14 heavy (non-hydrogen) atoms. The molecular formula is C6H5F7O. The third-order valence-corrected chi connectivity index (χ3v) is 1.51. The van der Waals surface area contributed by atoms with E-state index in [0.717, 1.165) is 0 Å². The normalized spacial score (nSPS) is 14.2. The molecule has 84 valence electrons. The highest BCUT2D eigenvalue weighted by molar-refractivity contribution is 5.49. The molecule has 0 rings (SSSR count). The summed E-state index contributed by atoms with van der Waals surface area (Å²) in [6.07, 6.45) is -15.4. The Labute approximate surface area is 73.9 Å². The van der Waals surface area contributed by atoms with Crippen molar-refractivity contribution in [2.75, 3.05) is 0 Å². The molecule has 0 heterocycles. The molecule has 0 aliphatic rings. The summed E-state index contributed by atoms with van der Waals surface area (Å²) in [5.41, 5.74) is -5.30. The maximum atomic E-state index is 12.6. The van der Waals surface area contributed by atoms with Crippen molar-refractivity contribution >= 4 is 6.29 Å². The van der Waals surface area contributed by atoms with Crippen LogP contribution in [0.15, 0.2) is 0 Å². The minimum absolute atomic E-state index is 0.203. The topological polar surface area (TPSA) is 17.1 Å². The van der Waals surface area contributed by atoms with Crippen LogP contribution in [-0.4, -0.2) is 24.3 Å². The van der Waals surface area contributed by atoms with Gasteiger partial charge in [0.25, 0.3) is 5.67 Å². The van der Waals surface area contributed by atoms with Crippen LogP contribution in [0.1, 0.15) is 12.8 Å². The number of halogens is 7. The lowest BCUT2D eigenvalue weighted by atomic mass is 9.99. The maximum absolute atomic E-state index is 12.6. The second-order valence-corrected chi connectivity index (χ2v) is 2.50. The summed E-state index contributed by atoms with van der Waals surface area (Å²) in [5, 5.41) is 0. The number of carbonyl (C=O) groups is 1. The molecule has 1 nitrogen and oxygen atoms in total. The quantitative estimate of drug-likeness (QED) is 0.534. The second-order valence-electron chi connectivity index (χ2n) is 2.50. The third-order valence-electron chi connectivity index (χ3n) is 1.51. The standard InChI is InChI=1S/C6H5F7O/c7-4(2-1-3-14,5(8,9)10)6(11,12)13/h3H,1-2H2. The molecule has 0 aliphatic heterocycles. The predicted molar refractivity (Wildman–Crippen MR) is 31.2 cm³/mol. The smallest absolute Gasteiger partial charge is 0.303 e. The molecule has 0 amide bonds. The average Bonchev–Trinajstić information content (AvgIpc) is 1.95. The van der Waals surface area contributed by atoms with Gasteiger partial charge < -0.3 is 4.79 Å². The Kier molecular flexibility index (Phi) is 3.52. The molecule has 0 saturated heterocycles. The van der Waals surface area contributed by atoms with Crippen LogP contribution < -0.4 is 0 Å². The van der Waals surface area contributed by atoms with E-state index in [-0.39, 0.29) is 6.29 Å². The molecule has 0 saturated carbocycles. The van der Waals surface area contributed by atoms with E-state index in [0.29, 0.717) is 0 Å². The van der Waals surface area contributed by atoms with Crippen LogP contribution in [0.25, 0.3) is 0 Å². The largest absolute Gasteiger partial charge is 0.431 e. The number of alkyl halides is 7. The van der Waals surface area contributed by atoms with E-state index < -0.39 is 30.9 Å². The summed E-state index contributed by atoms with van der Waals surface area (Å²) in [6, 6.07) is 0. The number of carbonyl (C=O) groups excluding carboxylic acids is 1. The van der Waals surface area contributed by atoms with Crippen molar-refractivity contribution in [3.63, 3.8) is 0 Å². The SMILES string of the molecule is O=CCCC(F)(C(F)(F)F)C(F)(F)F. The van der Waals surface area contributed by atoms with Crippen molar-refractivity contribution in [2.45, 2.75) is 30.9 Å². The average molecular weight is 226 g/mol. The van der Waals surface area contributed by atoms with E-state index in [2.05, 4.69) is 0 Å². The first-order valence-electron chi connectivity index (χ1n) is 3.32. The molecule has 0 atom stereocenters. The zero-order valence-electron chi connectivity index (χ0n) is 6.55. The predicted octanol–water partition coefficient (Wildman–Crippen LogP) is 2.80. The molecule has 0 aliphatic carbocycles. The molecule has 8 heteroatoms. The van der Waals surface area contributed by atoms with Gasteiger partial charge in [-0.2, -0.15) is 26.3 Å². The van der Waals surface area contributed by atoms with Gasteiger partial charge in [-0.1, -0.05) is 0 Å². The second kappa shape index (κ2) is 3.74. The van der Waals surface area contributed by atoms with Gasteiger partial charge in [-0.3, -0.25) is 0 Å². The van der Waals surface area contributed by atoms with Gasteiger partial charge >= 0.3 is 12.4 Å². The molecule has 0 spiro atoms. The molecule has 0 aromatic carbocycles. The first-order chi connectivity index (χ1) is 6.06. The van der Waals surface area contributed by atoms with Gasteiger partial charge in [0, 0.05) is 12.8 Å². The highest BCUT2D eigenvalue weighted by Gasteiger charge is 2.71. The summed E-state index contributed by atoms with van der Waals surface area (Å²) in [4.78, 5) is 9.60. The fourth-order valence-electron chi connectivity index (χ4n) is 0.702. The Balaban J connectivity index is 4.96. The molecular weight excluding hydrogens is 221 g/mol. The lowest BCUT2D eigenvalue weighted by Gasteiger charge is -2.29. The monoisotopic (exact) mass is 226 g/mol. The number of hydrogen-bond acceptors (Lipinski definition) is 1. The van der Waals surface area contributed by atoms with Crippen LogP contribution in [-0.2, 0) is 4.79 Å². The Hall–Kier alpha value is -0.820. The van der Waals surface area contributed by atoms with Crippen LogP contribution in [0.2, 0.25) is 0 Å². The van der Waals surface area contributed by atoms with Gasteiger partial charge in [-0.15, -0.1) is 0 Å². The molecule has 0 unspecified atom stereocenters. The summed E-state index contributed by atoms with van der Waals surface area (Å²) in [7, 11) is 0. The Morgan fingerprint density at radius 3 is 1.43 bits per heavy atom. The van der Waals surface area contributed by atoms with Crippen molar-refractivity contribution in [1.82, 2.24) is 0 Å². The van der Waals surface area contributed by atoms with E-state index in [9.17, 15) is 35.5 Å². The molecule has 0 bridgehead atoms. The fourth-order valence-corrected chi connectivity index (χ4v) is 0.702. The van der Waals surface area contributed by atoms with Crippen LogP contribution in [0, 0.1) is 0 Å². The summed E-state index contributed by atoms with van der Waals surface area (Å²) in [6.45, 7) is 0. The van der Waals surface area contributed by atoms with E-state index in [1.807, 2.05) is 0 Å². The molecule has 0 aromatic heterocycles. The lowest BCUT2D eigenvalue weighted by molar-refractivity contribution is -0.342. The van der Waals surface area contributed by atoms with E-state index in [4.69, 9.17) is 0 Å². The number of aldehydes is 1. The molecule has 0 N–H and O–H groups in total. The summed E-state index contributed by atoms with van der Waals surface area (Å²) in [5.74, 6) is 0. The van der Waals surface area contributed by atoms with Gasteiger partial charge in [0.05, 0.1) is 0 Å². The first kappa shape index (κ1) is 13.2. The fraction of sp³-hybridized carbons (Fsp3) is 0.833. The molecule has 0 fully saturated rings. The highest BCUT2D eigenvalue weighted by atomic mass is 19.4. The van der Waals surface area contributed by atoms with E-state index in [1.165, 1.54) is 0 Å². The Morgan fingerprint density at radius 2 is 1.21 bits per heavy atom. The van der Waals surface area contributed by atoms with Crippen molar-refractivity contribution in [2.24, 2.45) is 0 Å². The van der Waals surface area contributed by atoms with Gasteiger partial charge in [0.1, 0.15) is 6.29 Å². The Morgan fingerprint density at radius 1 is 0.857 bits per heavy atom. The van der Waals surface area contributed by atoms with Gasteiger partial charge in [-0.25, -0.2) is 4.39 Å². The molecule has 0 radical (unpaired) electrons. The Bertz CT molecular complexity index is 189. The van der Waals surface area contributed by atoms with E-state index >= 15 is 0 Å². The van der Waals surface area contributed by atoms with Crippen molar-refractivity contribution < 1.29 is 35.5 Å². The summed E-state index contributed by atoms with van der Waals surface area (Å²) >= 11 is 0. The van der Waals surface area contributed by atoms with Gasteiger partial charge in [0.15, 0.2) is 0 Å². The van der Waals surface area contributed by atoms with Crippen LogP contribution in [0.4, 0.5) is 30.7 Å².